The Bertz CT molecular complexity index is 1840. The topological polar surface area (TPSA) is 96.3 Å². The number of sulfonamides is 1. The summed E-state index contributed by atoms with van der Waals surface area (Å²) in [6.45, 7) is 0.0189. The summed E-state index contributed by atoms with van der Waals surface area (Å²) in [7, 11) is -1.08. The molecule has 5 aromatic carbocycles. The van der Waals surface area contributed by atoms with Crippen molar-refractivity contribution >= 4 is 21.8 Å². The SMILES string of the molecule is COc1ccc(CN(Cc2ccc(OC)cc2)S(=O)(=O)c2cc(CCO)ccc2F)cc1.OCCc1ccc(F)c(SCc2ccccc2)c1. The summed E-state index contributed by atoms with van der Waals surface area (Å²) in [5, 5.41) is 18.1. The molecule has 5 rings (SSSR count). The van der Waals surface area contributed by atoms with E-state index in [-0.39, 0.29) is 38.5 Å². The van der Waals surface area contributed by atoms with Gasteiger partial charge in [0.1, 0.15) is 28.0 Å². The number of ether oxygens (including phenoxy) is 2. The highest BCUT2D eigenvalue weighted by Crippen LogP contribution is 2.28. The molecular formula is C39H41F2NO6S2. The van der Waals surface area contributed by atoms with Crippen molar-refractivity contribution in [3.8, 4) is 11.5 Å². The first-order valence-electron chi connectivity index (χ1n) is 15.9. The van der Waals surface area contributed by atoms with E-state index in [1.807, 2.05) is 36.4 Å². The molecule has 0 spiro atoms. The van der Waals surface area contributed by atoms with Crippen LogP contribution in [-0.4, -0.2) is 50.4 Å². The fourth-order valence-electron chi connectivity index (χ4n) is 4.94. The number of hydrogen-bond donors (Lipinski definition) is 2. The minimum atomic E-state index is -4.19. The van der Waals surface area contributed by atoms with Gasteiger partial charge in [0.25, 0.3) is 0 Å². The predicted octanol–water partition coefficient (Wildman–Crippen LogP) is 7.42. The lowest BCUT2D eigenvalue weighted by Crippen LogP contribution is -2.31. The molecule has 0 aliphatic carbocycles. The highest BCUT2D eigenvalue weighted by Gasteiger charge is 2.28. The monoisotopic (exact) mass is 721 g/mol. The summed E-state index contributed by atoms with van der Waals surface area (Å²) < 4.78 is 66.9. The van der Waals surface area contributed by atoms with Gasteiger partial charge in [0.2, 0.25) is 10.0 Å². The van der Waals surface area contributed by atoms with Crippen molar-refractivity contribution in [2.24, 2.45) is 0 Å². The lowest BCUT2D eigenvalue weighted by molar-refractivity contribution is 0.299. The molecule has 5 aromatic rings. The Morgan fingerprint density at radius 1 is 0.620 bits per heavy atom. The van der Waals surface area contributed by atoms with Crippen molar-refractivity contribution in [2.45, 2.75) is 41.5 Å². The van der Waals surface area contributed by atoms with E-state index in [0.717, 1.165) is 28.5 Å². The third-order valence-electron chi connectivity index (χ3n) is 7.68. The van der Waals surface area contributed by atoms with Crippen molar-refractivity contribution in [3.63, 3.8) is 0 Å². The van der Waals surface area contributed by atoms with Crippen LogP contribution in [0.15, 0.2) is 125 Å². The highest BCUT2D eigenvalue weighted by molar-refractivity contribution is 7.98. The Balaban J connectivity index is 0.000000263. The fourth-order valence-corrected chi connectivity index (χ4v) is 7.43. The second kappa shape index (κ2) is 19.2. The van der Waals surface area contributed by atoms with Gasteiger partial charge >= 0.3 is 0 Å². The van der Waals surface area contributed by atoms with Crippen LogP contribution in [0.2, 0.25) is 0 Å². The zero-order valence-corrected chi connectivity index (χ0v) is 29.6. The number of hydrogen-bond acceptors (Lipinski definition) is 7. The van der Waals surface area contributed by atoms with Crippen LogP contribution in [0, 0.1) is 11.6 Å². The van der Waals surface area contributed by atoms with Crippen molar-refractivity contribution in [1.82, 2.24) is 4.31 Å². The zero-order valence-electron chi connectivity index (χ0n) is 28.0. The quantitative estimate of drug-likeness (QED) is 0.109. The van der Waals surface area contributed by atoms with Crippen LogP contribution in [0.5, 0.6) is 11.5 Å². The average molecular weight is 722 g/mol. The van der Waals surface area contributed by atoms with E-state index in [4.69, 9.17) is 14.6 Å². The second-order valence-corrected chi connectivity index (χ2v) is 14.1. The maximum absolute atomic E-state index is 14.6. The highest BCUT2D eigenvalue weighted by atomic mass is 32.2. The number of thioether (sulfide) groups is 1. The van der Waals surface area contributed by atoms with Crippen LogP contribution in [-0.2, 0) is 41.7 Å². The van der Waals surface area contributed by atoms with Crippen molar-refractivity contribution in [1.29, 1.82) is 0 Å². The van der Waals surface area contributed by atoms with Gasteiger partial charge in [0.05, 0.1) is 14.2 Å². The molecule has 0 aliphatic heterocycles. The molecule has 0 bridgehead atoms. The molecule has 0 aliphatic rings. The van der Waals surface area contributed by atoms with Gasteiger partial charge in [0, 0.05) is 37.0 Å². The maximum Gasteiger partial charge on any atom is 0.246 e. The number of benzene rings is 5. The molecule has 0 heterocycles. The van der Waals surface area contributed by atoms with Gasteiger partial charge in [-0.05, 0) is 89.2 Å². The van der Waals surface area contributed by atoms with Crippen LogP contribution in [0.4, 0.5) is 8.78 Å². The molecule has 0 atom stereocenters. The number of aliphatic hydroxyl groups excluding tert-OH is 2. The Hall–Kier alpha value is -4.26. The molecule has 0 saturated heterocycles. The van der Waals surface area contributed by atoms with E-state index in [0.29, 0.717) is 28.4 Å². The normalized spacial score (nSPS) is 11.2. The lowest BCUT2D eigenvalue weighted by Gasteiger charge is -2.23. The van der Waals surface area contributed by atoms with Gasteiger partial charge in [-0.1, -0.05) is 66.7 Å². The van der Waals surface area contributed by atoms with Gasteiger partial charge in [-0.25, -0.2) is 17.2 Å². The van der Waals surface area contributed by atoms with E-state index < -0.39 is 20.7 Å². The Morgan fingerprint density at radius 2 is 1.10 bits per heavy atom. The molecule has 0 fully saturated rings. The van der Waals surface area contributed by atoms with Gasteiger partial charge in [-0.3, -0.25) is 0 Å². The maximum atomic E-state index is 14.6. The molecule has 0 saturated carbocycles. The third kappa shape index (κ3) is 11.1. The molecule has 11 heteroatoms. The summed E-state index contributed by atoms with van der Waals surface area (Å²) in [4.78, 5) is 0.232. The van der Waals surface area contributed by atoms with Gasteiger partial charge in [0.15, 0.2) is 0 Å². The van der Waals surface area contributed by atoms with E-state index in [9.17, 15) is 22.3 Å². The zero-order chi connectivity index (χ0) is 35.9. The van der Waals surface area contributed by atoms with Crippen LogP contribution in [0.3, 0.4) is 0 Å². The van der Waals surface area contributed by atoms with E-state index in [1.165, 1.54) is 39.8 Å². The van der Waals surface area contributed by atoms with Crippen LogP contribution >= 0.6 is 11.8 Å². The molecule has 7 nitrogen and oxygen atoms in total. The summed E-state index contributed by atoms with van der Waals surface area (Å²) in [5.41, 5.74) is 4.15. The summed E-state index contributed by atoms with van der Waals surface area (Å²) >= 11 is 1.48. The third-order valence-corrected chi connectivity index (χ3v) is 10.6. The fraction of sp³-hybridized carbons (Fsp3) is 0.231. The van der Waals surface area contributed by atoms with Crippen LogP contribution in [0.25, 0.3) is 0 Å². The number of rotatable bonds is 15. The molecule has 0 unspecified atom stereocenters. The van der Waals surface area contributed by atoms with Gasteiger partial charge < -0.3 is 19.7 Å². The van der Waals surface area contributed by atoms with Gasteiger partial charge in [-0.15, -0.1) is 11.8 Å². The summed E-state index contributed by atoms with van der Waals surface area (Å²) in [6, 6.07) is 33.0. The molecule has 50 heavy (non-hydrogen) atoms. The van der Waals surface area contributed by atoms with Crippen LogP contribution < -0.4 is 9.47 Å². The standard InChI is InChI=1S/C24H26FNO5S.C15H15FOS/c1-30-21-8-3-19(4-9-21)16-26(17-20-5-10-22(31-2)11-6-20)32(28,29)24-15-18(13-14-27)7-12-23(24)25;16-14-7-6-12(8-9-17)10-15(14)18-11-13-4-2-1-3-5-13/h3-12,15,27H,13-14,16-17H2,1-2H3;1-7,10,17H,8-9,11H2. The lowest BCUT2D eigenvalue weighted by atomic mass is 10.2. The second-order valence-electron chi connectivity index (χ2n) is 11.2. The minimum absolute atomic E-state index is 0.0437. The number of aliphatic hydroxyl groups is 2. The number of methoxy groups -OCH3 is 2. The largest absolute Gasteiger partial charge is 0.497 e. The molecule has 0 aromatic heterocycles. The first-order valence-corrected chi connectivity index (χ1v) is 18.3. The molecule has 0 amide bonds. The first-order chi connectivity index (χ1) is 24.2. The summed E-state index contributed by atoms with van der Waals surface area (Å²) in [5.74, 6) is 1.03. The molecule has 0 radical (unpaired) electrons. The Morgan fingerprint density at radius 3 is 1.60 bits per heavy atom. The molecular weight excluding hydrogens is 681 g/mol. The predicted molar refractivity (Wildman–Crippen MR) is 193 cm³/mol. The van der Waals surface area contributed by atoms with E-state index in [1.54, 1.807) is 68.8 Å². The van der Waals surface area contributed by atoms with Crippen molar-refractivity contribution in [2.75, 3.05) is 27.4 Å². The van der Waals surface area contributed by atoms with E-state index >= 15 is 0 Å². The first kappa shape index (κ1) is 38.5. The smallest absolute Gasteiger partial charge is 0.246 e. The van der Waals surface area contributed by atoms with Crippen LogP contribution in [0.1, 0.15) is 27.8 Å². The number of halogens is 2. The van der Waals surface area contributed by atoms with E-state index in [2.05, 4.69) is 0 Å². The molecule has 264 valence electrons. The summed E-state index contributed by atoms with van der Waals surface area (Å²) in [6.07, 6.45) is 0.805. The van der Waals surface area contributed by atoms with Crippen molar-refractivity contribution < 1.29 is 36.9 Å². The number of nitrogens with zero attached hydrogens (tertiary/aromatic N) is 1. The van der Waals surface area contributed by atoms with Gasteiger partial charge in [-0.2, -0.15) is 4.31 Å². The Kier molecular flexibility index (Phi) is 14.8. The van der Waals surface area contributed by atoms with Crippen molar-refractivity contribution in [3.05, 3.63) is 155 Å². The molecule has 2 N–H and O–H groups in total. The average Bonchev–Trinajstić information content (AvgIpc) is 3.14. The Labute approximate surface area is 297 Å². The minimum Gasteiger partial charge on any atom is -0.497 e.